The molecule has 27 heavy (non-hydrogen) atoms. The van der Waals surface area contributed by atoms with Gasteiger partial charge in [-0.3, -0.25) is 0 Å². The molecule has 0 unspecified atom stereocenters. The first kappa shape index (κ1) is 346. The smallest absolute Gasteiger partial charge is 2.00 e. The van der Waals surface area contributed by atoms with E-state index in [2.05, 4.69) is 0 Å². The minimum absolute atomic E-state index is 0. The van der Waals surface area contributed by atoms with Crippen LogP contribution < -0.4 is 0 Å². The summed E-state index contributed by atoms with van der Waals surface area (Å²) in [6.45, 7) is 0. The molecule has 0 saturated carbocycles. The van der Waals surface area contributed by atoms with Crippen LogP contribution in [0.25, 0.3) is 0 Å². The average molecular weight is 1520 g/mol. The van der Waals surface area contributed by atoms with Gasteiger partial charge in [0.1, 0.15) is 0 Å². The Balaban J connectivity index is 0. The summed E-state index contributed by atoms with van der Waals surface area (Å²) in [5, 5.41) is 0. The third-order valence-corrected chi connectivity index (χ3v) is 0. The van der Waals surface area contributed by atoms with E-state index in [1.165, 1.54) is 0 Å². The summed E-state index contributed by atoms with van der Waals surface area (Å²) in [7, 11) is 0. The Labute approximate surface area is 444 Å². The van der Waals surface area contributed by atoms with Gasteiger partial charge in [0.25, 0.3) is 0 Å². The van der Waals surface area contributed by atoms with Crippen molar-refractivity contribution in [3.8, 4) is 0 Å². The first-order chi connectivity index (χ1) is 0. The van der Waals surface area contributed by atoms with Crippen molar-refractivity contribution in [3.05, 3.63) is 0 Å². The van der Waals surface area contributed by atoms with Crippen molar-refractivity contribution in [2.24, 2.45) is 0 Å². The van der Waals surface area contributed by atoms with Crippen molar-refractivity contribution in [2.45, 2.75) is 0 Å². The normalized spacial score (nSPS) is 0. The van der Waals surface area contributed by atoms with Crippen LogP contribution in [-0.2, 0) is 456 Å². The van der Waals surface area contributed by atoms with Crippen molar-refractivity contribution in [2.75, 3.05) is 0 Å². The zero-order valence-electron chi connectivity index (χ0n) is 17.6. The van der Waals surface area contributed by atoms with Crippen LogP contribution in [0.3, 0.4) is 0 Å². The molecule has 0 spiro atoms. The molecule has 0 amide bonds. The van der Waals surface area contributed by atoms with Gasteiger partial charge in [-0.05, 0) is 0 Å². The maximum atomic E-state index is 0. The Morgan fingerprint density at radius 3 is 0.0741 bits per heavy atom. The summed E-state index contributed by atoms with van der Waals surface area (Å²) in [6.07, 6.45) is 0. The van der Waals surface area contributed by atoms with E-state index in [0.29, 0.717) is 0 Å². The summed E-state index contributed by atoms with van der Waals surface area (Å²) < 4.78 is 0. The van der Waals surface area contributed by atoms with E-state index < -0.39 is 0 Å². The predicted molar refractivity (Wildman–Crippen MR) is 3.43 cm³/mol. The topological polar surface area (TPSA) is 142 Å². The molecule has 0 aromatic heterocycles. The van der Waals surface area contributed by atoms with E-state index in [1.807, 2.05) is 0 Å². The monoisotopic (exact) mass is 1490 g/mol. The molecule has 0 bridgehead atoms. The van der Waals surface area contributed by atoms with E-state index in [1.54, 1.807) is 0 Å². The van der Waals surface area contributed by atoms with Crippen LogP contribution in [0.15, 0.2) is 0 Å². The average Bonchev–Trinajstić information content (AvgIpc) is 0. The first-order valence-corrected chi connectivity index (χ1v) is 0. The predicted octanol–water partition coefficient (Wildman–Crippen LogP) is -0.649. The number of hydrogen-bond donors (Lipinski definition) is 0. The quantitative estimate of drug-likeness (QED) is 0.285. The molecule has 5 nitrogen and oxygen atoms in total. The Kier molecular flexibility index (Phi) is 4120. The van der Waals surface area contributed by atoms with Crippen LogP contribution in [0.2, 0.25) is 0 Å². The summed E-state index contributed by atoms with van der Waals surface area (Å²) >= 11 is 0. The standard InChI is InChI=1S/5O.22Zn/q5*-2;22*+2. The van der Waals surface area contributed by atoms with Gasteiger partial charge in [0.2, 0.25) is 0 Å². The largest absolute Gasteiger partial charge is 2.00 e. The van der Waals surface area contributed by atoms with E-state index in [9.17, 15) is 0 Å². The second-order valence-corrected chi connectivity index (χ2v) is 0. The third kappa shape index (κ3) is 304. The summed E-state index contributed by atoms with van der Waals surface area (Å²) in [5.74, 6) is 0. The molecule has 0 atom stereocenters. The van der Waals surface area contributed by atoms with Crippen LogP contribution in [0.1, 0.15) is 0 Å². The Bertz CT molecular complexity index is 18.7. The second-order valence-electron chi connectivity index (χ2n) is 0. The van der Waals surface area contributed by atoms with E-state index in [-0.39, 0.29) is 456 Å². The third-order valence-electron chi connectivity index (χ3n) is 0. The molecule has 0 saturated heterocycles. The van der Waals surface area contributed by atoms with Gasteiger partial charge >= 0.3 is 429 Å². The van der Waals surface area contributed by atoms with Gasteiger partial charge in [0.15, 0.2) is 0 Å². The molecule has 0 aliphatic carbocycles. The molecule has 0 heterocycles. The molecule has 0 fully saturated rings. The Morgan fingerprint density at radius 1 is 0.0741 bits per heavy atom. The van der Waals surface area contributed by atoms with Gasteiger partial charge in [-0.15, -0.1) is 0 Å². The van der Waals surface area contributed by atoms with E-state index in [0.717, 1.165) is 0 Å². The van der Waals surface area contributed by atoms with Crippen LogP contribution in [-0.4, -0.2) is 0 Å². The fraction of sp³-hybridized carbons (Fsp3) is 0. The zero-order valence-corrected chi connectivity index (χ0v) is 82.9. The maximum absolute atomic E-state index is 0. The molecule has 0 N–H and O–H groups in total. The molecule has 0 aliphatic rings. The van der Waals surface area contributed by atoms with Crippen LogP contribution in [0, 0.1) is 0 Å². The van der Waals surface area contributed by atoms with Crippen LogP contribution >= 0.6 is 0 Å². The summed E-state index contributed by atoms with van der Waals surface area (Å²) in [6, 6.07) is 0. The van der Waals surface area contributed by atoms with Crippen molar-refractivity contribution in [1.29, 1.82) is 0 Å². The molecule has 0 aliphatic heterocycles. The minimum atomic E-state index is 0. The molecule has 40 valence electrons. The van der Waals surface area contributed by atoms with Gasteiger partial charge in [0.05, 0.1) is 0 Å². The number of hydrogen-bond acceptors (Lipinski definition) is 0. The van der Waals surface area contributed by atoms with Gasteiger partial charge in [-0.25, -0.2) is 0 Å². The first-order valence-electron chi connectivity index (χ1n) is 0. The van der Waals surface area contributed by atoms with Gasteiger partial charge < -0.3 is 27.4 Å². The van der Waals surface area contributed by atoms with Gasteiger partial charge in [-0.2, -0.15) is 0 Å². The number of rotatable bonds is 0. The molecule has 0 rings (SSSR count). The van der Waals surface area contributed by atoms with Crippen molar-refractivity contribution in [3.63, 3.8) is 0 Å². The molecule has 0 radical (unpaired) electrons. The van der Waals surface area contributed by atoms with Crippen molar-refractivity contribution < 1.29 is 456 Å². The molecular formula is O5Zn22+34. The van der Waals surface area contributed by atoms with E-state index in [4.69, 9.17) is 0 Å². The summed E-state index contributed by atoms with van der Waals surface area (Å²) in [4.78, 5) is 0. The van der Waals surface area contributed by atoms with Crippen LogP contribution in [0.4, 0.5) is 0 Å². The second kappa shape index (κ2) is 321. The maximum Gasteiger partial charge on any atom is 2.00 e. The summed E-state index contributed by atoms with van der Waals surface area (Å²) in [5.41, 5.74) is 0. The van der Waals surface area contributed by atoms with Crippen molar-refractivity contribution in [1.82, 2.24) is 0 Å². The fourth-order valence-electron chi connectivity index (χ4n) is 0. The minimum Gasteiger partial charge on any atom is -2.00 e. The Hall–Kier alpha value is 13.5. The van der Waals surface area contributed by atoms with Crippen LogP contribution in [0.5, 0.6) is 0 Å². The fourth-order valence-corrected chi connectivity index (χ4v) is 0. The molecule has 27 heteroatoms. The molecule has 0 aromatic rings. The molecule has 0 aromatic carbocycles. The molecular weight excluding hydrogens is 1520 g/mol. The van der Waals surface area contributed by atoms with Gasteiger partial charge in [-0.1, -0.05) is 0 Å². The zero-order chi connectivity index (χ0) is 0. The van der Waals surface area contributed by atoms with Gasteiger partial charge in [0, 0.05) is 0 Å². The SMILES string of the molecule is [O-2].[O-2].[O-2].[O-2].[O-2].[Zn+2].[Zn+2].[Zn+2].[Zn+2].[Zn+2].[Zn+2].[Zn+2].[Zn+2].[Zn+2].[Zn+2].[Zn+2].[Zn+2].[Zn+2].[Zn+2].[Zn+2].[Zn+2].[Zn+2].[Zn+2].[Zn+2].[Zn+2].[Zn+2].[Zn+2]. The van der Waals surface area contributed by atoms with E-state index >= 15 is 0 Å². The van der Waals surface area contributed by atoms with Crippen molar-refractivity contribution >= 4 is 0 Å². The Morgan fingerprint density at radius 2 is 0.0741 bits per heavy atom.